The molecular weight excluding hydrogens is 447 g/mol. The number of carbonyl (C=O) groups is 2. The summed E-state index contributed by atoms with van der Waals surface area (Å²) in [6.45, 7) is 8.44. The van der Waals surface area contributed by atoms with Gasteiger partial charge in [0.25, 0.3) is 0 Å². The summed E-state index contributed by atoms with van der Waals surface area (Å²) in [5.41, 5.74) is 0.935. The molecule has 0 spiro atoms. The van der Waals surface area contributed by atoms with E-state index in [0.717, 1.165) is 11.1 Å². The third kappa shape index (κ3) is 7.83. The molecule has 2 aromatic rings. The first-order valence-electron chi connectivity index (χ1n) is 10.9. The second-order valence-electron chi connectivity index (χ2n) is 8.97. The smallest absolute Gasteiger partial charge is 0.306 e. The van der Waals surface area contributed by atoms with Crippen molar-refractivity contribution in [3.8, 4) is 0 Å². The number of hydrogen-bond donors (Lipinski definition) is 0. The van der Waals surface area contributed by atoms with E-state index in [9.17, 15) is 9.59 Å². The Kier molecular flexibility index (Phi) is 10.0. The van der Waals surface area contributed by atoms with Crippen LogP contribution < -0.4 is 0 Å². The van der Waals surface area contributed by atoms with Crippen LogP contribution in [-0.2, 0) is 32.3 Å². The van der Waals surface area contributed by atoms with E-state index in [1.165, 1.54) is 0 Å². The van der Waals surface area contributed by atoms with E-state index in [1.807, 2.05) is 50.2 Å². The molecule has 0 fully saturated rings. The lowest BCUT2D eigenvalue weighted by Gasteiger charge is -2.37. The SMILES string of the molecule is CC(C)CC(CC(=O)OCc1ccccc1Cl)(CC(=O)OCc1ccccc1Cl)C(C)C. The van der Waals surface area contributed by atoms with Crippen LogP contribution in [0.3, 0.4) is 0 Å². The van der Waals surface area contributed by atoms with Crippen LogP contribution in [0.5, 0.6) is 0 Å². The van der Waals surface area contributed by atoms with Crippen LogP contribution in [0.1, 0.15) is 58.1 Å². The molecule has 0 N–H and O–H groups in total. The van der Waals surface area contributed by atoms with Gasteiger partial charge in [0.05, 0.1) is 12.8 Å². The molecule has 2 aromatic carbocycles. The first-order chi connectivity index (χ1) is 15.1. The van der Waals surface area contributed by atoms with Gasteiger partial charge in [0, 0.05) is 21.2 Å². The van der Waals surface area contributed by atoms with Crippen LogP contribution in [-0.4, -0.2) is 11.9 Å². The molecule has 174 valence electrons. The predicted molar refractivity (Wildman–Crippen MR) is 128 cm³/mol. The Balaban J connectivity index is 2.08. The second kappa shape index (κ2) is 12.3. The molecule has 0 heterocycles. The van der Waals surface area contributed by atoms with E-state index in [1.54, 1.807) is 12.1 Å². The van der Waals surface area contributed by atoms with Crippen LogP contribution in [0.2, 0.25) is 10.0 Å². The van der Waals surface area contributed by atoms with Crippen molar-refractivity contribution < 1.29 is 19.1 Å². The standard InChI is InChI=1S/C26H32Cl2O4/c1-18(2)13-26(19(3)4,14-24(29)31-16-20-9-5-7-11-22(20)27)15-25(30)32-17-21-10-6-8-12-23(21)28/h5-12,18-19H,13-17H2,1-4H3. The van der Waals surface area contributed by atoms with Gasteiger partial charge in [-0.1, -0.05) is 87.3 Å². The topological polar surface area (TPSA) is 52.6 Å². The van der Waals surface area contributed by atoms with Gasteiger partial charge in [-0.15, -0.1) is 0 Å². The van der Waals surface area contributed by atoms with Crippen molar-refractivity contribution in [1.29, 1.82) is 0 Å². The minimum Gasteiger partial charge on any atom is -0.461 e. The molecule has 2 rings (SSSR count). The molecule has 0 saturated carbocycles. The third-order valence-corrected chi connectivity index (χ3v) is 6.46. The largest absolute Gasteiger partial charge is 0.461 e. The molecule has 0 aliphatic heterocycles. The maximum Gasteiger partial charge on any atom is 0.306 e. The van der Waals surface area contributed by atoms with Crippen LogP contribution in [0.4, 0.5) is 0 Å². The summed E-state index contributed by atoms with van der Waals surface area (Å²) in [5, 5.41) is 1.11. The monoisotopic (exact) mass is 478 g/mol. The van der Waals surface area contributed by atoms with Gasteiger partial charge in [-0.25, -0.2) is 0 Å². The van der Waals surface area contributed by atoms with E-state index < -0.39 is 5.41 Å². The number of hydrogen-bond acceptors (Lipinski definition) is 4. The summed E-state index contributed by atoms with van der Waals surface area (Å²) < 4.78 is 11.1. The van der Waals surface area contributed by atoms with E-state index in [-0.39, 0.29) is 43.9 Å². The molecule has 32 heavy (non-hydrogen) atoms. The Morgan fingerprint density at radius 2 is 1.19 bits per heavy atom. The number of benzene rings is 2. The zero-order valence-electron chi connectivity index (χ0n) is 19.2. The number of esters is 2. The molecule has 0 radical (unpaired) electrons. The summed E-state index contributed by atoms with van der Waals surface area (Å²) in [6, 6.07) is 14.5. The van der Waals surface area contributed by atoms with Crippen molar-refractivity contribution >= 4 is 35.1 Å². The van der Waals surface area contributed by atoms with Gasteiger partial charge in [0.2, 0.25) is 0 Å². The lowest BCUT2D eigenvalue weighted by Crippen LogP contribution is -2.35. The highest BCUT2D eigenvalue weighted by atomic mass is 35.5. The molecule has 0 aromatic heterocycles. The van der Waals surface area contributed by atoms with Gasteiger partial charge in [0.15, 0.2) is 0 Å². The van der Waals surface area contributed by atoms with Crippen molar-refractivity contribution in [2.75, 3.05) is 0 Å². The molecule has 6 heteroatoms. The van der Waals surface area contributed by atoms with Crippen LogP contribution in [0.15, 0.2) is 48.5 Å². The minimum atomic E-state index is -0.566. The Bertz CT molecular complexity index is 845. The fourth-order valence-electron chi connectivity index (χ4n) is 3.89. The van der Waals surface area contributed by atoms with E-state index in [2.05, 4.69) is 13.8 Å². The van der Waals surface area contributed by atoms with E-state index in [0.29, 0.717) is 22.4 Å². The highest BCUT2D eigenvalue weighted by molar-refractivity contribution is 6.31. The molecular formula is C26H32Cl2O4. The first-order valence-corrected chi connectivity index (χ1v) is 11.7. The lowest BCUT2D eigenvalue weighted by atomic mass is 9.67. The fraction of sp³-hybridized carbons (Fsp3) is 0.462. The maximum absolute atomic E-state index is 12.8. The first kappa shape index (κ1) is 26.2. The number of halogens is 2. The van der Waals surface area contributed by atoms with Crippen molar-refractivity contribution in [3.05, 3.63) is 69.7 Å². The van der Waals surface area contributed by atoms with Gasteiger partial charge < -0.3 is 9.47 Å². The summed E-state index contributed by atoms with van der Waals surface area (Å²) >= 11 is 12.3. The van der Waals surface area contributed by atoms with Gasteiger partial charge >= 0.3 is 11.9 Å². The molecule has 0 aliphatic rings. The van der Waals surface area contributed by atoms with E-state index >= 15 is 0 Å². The van der Waals surface area contributed by atoms with Crippen LogP contribution in [0, 0.1) is 17.3 Å². The van der Waals surface area contributed by atoms with Crippen molar-refractivity contribution in [2.24, 2.45) is 17.3 Å². The summed E-state index contributed by atoms with van der Waals surface area (Å²) in [5.74, 6) is -0.327. The Labute approximate surface area is 201 Å². The molecule has 0 bridgehead atoms. The molecule has 0 amide bonds. The fourth-order valence-corrected chi connectivity index (χ4v) is 4.27. The zero-order valence-corrected chi connectivity index (χ0v) is 20.7. The molecule has 0 saturated heterocycles. The van der Waals surface area contributed by atoms with Crippen molar-refractivity contribution in [1.82, 2.24) is 0 Å². The summed E-state index contributed by atoms with van der Waals surface area (Å²) in [7, 11) is 0. The van der Waals surface area contributed by atoms with Gasteiger partial charge in [-0.2, -0.15) is 0 Å². The van der Waals surface area contributed by atoms with E-state index in [4.69, 9.17) is 32.7 Å². The Hall–Kier alpha value is -2.04. The minimum absolute atomic E-state index is 0.0747. The van der Waals surface area contributed by atoms with Crippen molar-refractivity contribution in [2.45, 2.75) is 60.2 Å². The van der Waals surface area contributed by atoms with Gasteiger partial charge in [0.1, 0.15) is 13.2 Å². The summed E-state index contributed by atoms with van der Waals surface area (Å²) in [6.07, 6.45) is 0.968. The molecule has 0 atom stereocenters. The Morgan fingerprint density at radius 1 is 0.781 bits per heavy atom. The predicted octanol–water partition coefficient (Wildman–Crippen LogP) is 7.25. The lowest BCUT2D eigenvalue weighted by molar-refractivity contribution is -0.154. The number of rotatable bonds is 11. The van der Waals surface area contributed by atoms with Gasteiger partial charge in [-0.05, 0) is 35.8 Å². The summed E-state index contributed by atoms with van der Waals surface area (Å²) in [4.78, 5) is 25.6. The number of carbonyl (C=O) groups excluding carboxylic acids is 2. The normalized spacial score (nSPS) is 11.6. The Morgan fingerprint density at radius 3 is 1.53 bits per heavy atom. The van der Waals surface area contributed by atoms with Crippen LogP contribution >= 0.6 is 23.2 Å². The third-order valence-electron chi connectivity index (χ3n) is 5.73. The molecule has 0 aliphatic carbocycles. The van der Waals surface area contributed by atoms with Crippen molar-refractivity contribution in [3.63, 3.8) is 0 Å². The highest BCUT2D eigenvalue weighted by Crippen LogP contribution is 2.42. The van der Waals surface area contributed by atoms with Crippen LogP contribution in [0.25, 0.3) is 0 Å². The average Bonchev–Trinajstić information content (AvgIpc) is 2.72. The van der Waals surface area contributed by atoms with Gasteiger partial charge in [-0.3, -0.25) is 9.59 Å². The highest BCUT2D eigenvalue weighted by Gasteiger charge is 2.40. The molecule has 0 unspecified atom stereocenters. The molecule has 4 nitrogen and oxygen atoms in total. The zero-order chi connectivity index (χ0) is 23.7. The quantitative estimate of drug-likeness (QED) is 0.319. The second-order valence-corrected chi connectivity index (χ2v) is 9.79. The average molecular weight is 479 g/mol. The number of ether oxygens (including phenoxy) is 2. The maximum atomic E-state index is 12.8.